The Morgan fingerprint density at radius 1 is 1.47 bits per heavy atom. The van der Waals surface area contributed by atoms with Gasteiger partial charge in [0.25, 0.3) is 5.91 Å². The average molecular weight is 430 g/mol. The topological polar surface area (TPSA) is 96.5 Å². The summed E-state index contributed by atoms with van der Waals surface area (Å²) in [5.41, 5.74) is 2.06. The molecule has 2 aromatic rings. The van der Waals surface area contributed by atoms with Crippen molar-refractivity contribution in [3.63, 3.8) is 0 Å². The summed E-state index contributed by atoms with van der Waals surface area (Å²) in [5, 5.41) is 9.11. The summed E-state index contributed by atoms with van der Waals surface area (Å²) < 4.78 is 5.69. The highest BCUT2D eigenvalue weighted by Gasteiger charge is 2.29. The zero-order valence-electron chi connectivity index (χ0n) is 17.3. The molecule has 0 saturated carbocycles. The van der Waals surface area contributed by atoms with Gasteiger partial charge in [-0.05, 0) is 18.9 Å². The monoisotopic (exact) mass is 429 g/mol. The van der Waals surface area contributed by atoms with Gasteiger partial charge in [-0.15, -0.1) is 11.3 Å². The Hall–Kier alpha value is -2.52. The highest BCUT2D eigenvalue weighted by atomic mass is 32.1. The second-order valence-electron chi connectivity index (χ2n) is 7.92. The molecule has 1 saturated heterocycles. The van der Waals surface area contributed by atoms with Crippen molar-refractivity contribution >= 4 is 34.7 Å². The second kappa shape index (κ2) is 9.09. The summed E-state index contributed by atoms with van der Waals surface area (Å²) in [6.07, 6.45) is 4.21. The molecule has 0 radical (unpaired) electrons. The number of ether oxygens (including phenoxy) is 1. The van der Waals surface area contributed by atoms with Crippen molar-refractivity contribution in [1.29, 1.82) is 0 Å². The molecule has 160 valence electrons. The molecule has 2 N–H and O–H groups in total. The van der Waals surface area contributed by atoms with Gasteiger partial charge in [0.15, 0.2) is 0 Å². The number of carbonyl (C=O) groups is 2. The molecule has 8 nitrogen and oxygen atoms in total. The fourth-order valence-electron chi connectivity index (χ4n) is 3.61. The molecule has 1 fully saturated rings. The van der Waals surface area contributed by atoms with Crippen LogP contribution in [0.3, 0.4) is 0 Å². The van der Waals surface area contributed by atoms with Crippen molar-refractivity contribution in [2.24, 2.45) is 0 Å². The molecule has 0 aliphatic carbocycles. The number of carbonyl (C=O) groups excluding carboxylic acids is 2. The van der Waals surface area contributed by atoms with E-state index in [9.17, 15) is 9.59 Å². The molecule has 0 bridgehead atoms. The number of aromatic nitrogens is 2. The number of thiazole rings is 1. The molecule has 2 amide bonds. The highest BCUT2D eigenvalue weighted by molar-refractivity contribution is 7.09. The largest absolute Gasteiger partial charge is 0.376 e. The smallest absolute Gasteiger partial charge is 0.252 e. The number of rotatable bonds is 7. The Morgan fingerprint density at radius 3 is 3.07 bits per heavy atom. The number of anilines is 2. The molecule has 30 heavy (non-hydrogen) atoms. The lowest BCUT2D eigenvalue weighted by molar-refractivity contribution is -0.117. The summed E-state index contributed by atoms with van der Waals surface area (Å²) in [6.45, 7) is 6.15. The molecule has 1 atom stereocenters. The molecule has 9 heteroatoms. The number of fused-ring (bicyclic) bond motifs is 1. The first-order valence-corrected chi connectivity index (χ1v) is 11.3. The van der Waals surface area contributed by atoms with Gasteiger partial charge in [-0.2, -0.15) is 0 Å². The number of hydrogen-bond acceptors (Lipinski definition) is 7. The van der Waals surface area contributed by atoms with Gasteiger partial charge in [-0.3, -0.25) is 9.59 Å². The van der Waals surface area contributed by atoms with Crippen LogP contribution >= 0.6 is 11.3 Å². The molecule has 2 aromatic heterocycles. The van der Waals surface area contributed by atoms with Crippen LogP contribution in [0.1, 0.15) is 53.7 Å². The van der Waals surface area contributed by atoms with Crippen molar-refractivity contribution in [2.75, 3.05) is 36.5 Å². The minimum Gasteiger partial charge on any atom is -0.376 e. The molecule has 1 unspecified atom stereocenters. The van der Waals surface area contributed by atoms with E-state index in [2.05, 4.69) is 34.4 Å². The molecule has 2 aliphatic rings. The lowest BCUT2D eigenvalue weighted by atomic mass is 10.1. The Balaban J connectivity index is 1.40. The predicted octanol–water partition coefficient (Wildman–Crippen LogP) is 2.57. The van der Waals surface area contributed by atoms with Crippen molar-refractivity contribution < 1.29 is 14.3 Å². The predicted molar refractivity (Wildman–Crippen MR) is 116 cm³/mol. The minimum absolute atomic E-state index is 0.0335. The van der Waals surface area contributed by atoms with Crippen LogP contribution in [0.25, 0.3) is 0 Å². The molecule has 4 rings (SSSR count). The summed E-state index contributed by atoms with van der Waals surface area (Å²) in [4.78, 5) is 35.8. The van der Waals surface area contributed by atoms with Crippen LogP contribution in [-0.4, -0.2) is 54.1 Å². The maximum Gasteiger partial charge on any atom is 0.252 e. The number of hydrogen-bond donors (Lipinski definition) is 2. The zero-order chi connectivity index (χ0) is 21.1. The molecule has 0 aromatic carbocycles. The van der Waals surface area contributed by atoms with E-state index in [1.165, 1.54) is 0 Å². The Kier molecular flexibility index (Phi) is 6.29. The lowest BCUT2D eigenvalue weighted by Gasteiger charge is -2.31. The van der Waals surface area contributed by atoms with E-state index in [1.54, 1.807) is 28.5 Å². The van der Waals surface area contributed by atoms with Crippen LogP contribution in [0.2, 0.25) is 0 Å². The quantitative estimate of drug-likeness (QED) is 0.702. The van der Waals surface area contributed by atoms with Gasteiger partial charge in [0.2, 0.25) is 5.91 Å². The Labute approximate surface area is 180 Å². The van der Waals surface area contributed by atoms with E-state index in [0.29, 0.717) is 42.5 Å². The van der Waals surface area contributed by atoms with Crippen molar-refractivity contribution in [2.45, 2.75) is 45.1 Å². The van der Waals surface area contributed by atoms with Gasteiger partial charge in [0, 0.05) is 37.1 Å². The van der Waals surface area contributed by atoms with Crippen LogP contribution in [0, 0.1) is 0 Å². The summed E-state index contributed by atoms with van der Waals surface area (Å²) >= 11 is 1.65. The van der Waals surface area contributed by atoms with Gasteiger partial charge in [-0.25, -0.2) is 9.97 Å². The first kappa shape index (κ1) is 20.7. The molecule has 4 heterocycles. The third kappa shape index (κ3) is 4.62. The maximum absolute atomic E-state index is 12.6. The Morgan fingerprint density at radius 2 is 2.33 bits per heavy atom. The van der Waals surface area contributed by atoms with Crippen LogP contribution in [0.4, 0.5) is 11.5 Å². The Bertz CT molecular complexity index is 923. The SMILES string of the molecule is CC(C)c1nc(CCNC(=O)c2cnc3c(c2)N(CC2CCCO2)C(=O)CN3)cs1. The fourth-order valence-corrected chi connectivity index (χ4v) is 4.48. The normalized spacial score (nSPS) is 18.4. The van der Waals surface area contributed by atoms with E-state index in [-0.39, 0.29) is 24.5 Å². The minimum atomic E-state index is -0.209. The van der Waals surface area contributed by atoms with Crippen molar-refractivity contribution in [3.8, 4) is 0 Å². The van der Waals surface area contributed by atoms with Crippen molar-refractivity contribution in [1.82, 2.24) is 15.3 Å². The van der Waals surface area contributed by atoms with Crippen LogP contribution in [0.5, 0.6) is 0 Å². The van der Waals surface area contributed by atoms with Crippen LogP contribution < -0.4 is 15.5 Å². The summed E-state index contributed by atoms with van der Waals surface area (Å²) in [6, 6.07) is 1.73. The number of pyridine rings is 1. The standard InChI is InChI=1S/C21H27N5O3S/c1-13(2)21-25-15(12-30-21)5-6-22-20(28)14-8-17-19(23-9-14)24-10-18(27)26(17)11-16-4-3-7-29-16/h8-9,12-13,16H,3-7,10-11H2,1-2H3,(H,22,28)(H,23,24). The maximum atomic E-state index is 12.6. The first-order chi connectivity index (χ1) is 14.5. The second-order valence-corrected chi connectivity index (χ2v) is 8.81. The van der Waals surface area contributed by atoms with E-state index in [4.69, 9.17) is 4.74 Å². The van der Waals surface area contributed by atoms with Gasteiger partial charge >= 0.3 is 0 Å². The highest BCUT2D eigenvalue weighted by Crippen LogP contribution is 2.30. The molecule has 0 spiro atoms. The van der Waals surface area contributed by atoms with Crippen LogP contribution in [0.15, 0.2) is 17.6 Å². The first-order valence-electron chi connectivity index (χ1n) is 10.4. The summed E-state index contributed by atoms with van der Waals surface area (Å²) in [7, 11) is 0. The van der Waals surface area contributed by atoms with E-state index < -0.39 is 0 Å². The molecule has 2 aliphatic heterocycles. The average Bonchev–Trinajstić information content (AvgIpc) is 3.42. The zero-order valence-corrected chi connectivity index (χ0v) is 18.1. The summed E-state index contributed by atoms with van der Waals surface area (Å²) in [5.74, 6) is 0.781. The number of nitrogens with zero attached hydrogens (tertiary/aromatic N) is 3. The number of nitrogens with one attached hydrogen (secondary N) is 2. The third-order valence-electron chi connectivity index (χ3n) is 5.27. The third-order valence-corrected chi connectivity index (χ3v) is 6.46. The van der Waals surface area contributed by atoms with Crippen LogP contribution in [-0.2, 0) is 16.0 Å². The fraction of sp³-hybridized carbons (Fsp3) is 0.524. The van der Waals surface area contributed by atoms with E-state index >= 15 is 0 Å². The van der Waals surface area contributed by atoms with E-state index in [0.717, 1.165) is 30.2 Å². The lowest BCUT2D eigenvalue weighted by Crippen LogP contribution is -2.44. The number of amides is 2. The van der Waals surface area contributed by atoms with Gasteiger partial charge in [0.05, 0.1) is 41.1 Å². The van der Waals surface area contributed by atoms with Gasteiger partial charge in [-0.1, -0.05) is 13.8 Å². The van der Waals surface area contributed by atoms with E-state index in [1.807, 2.05) is 5.38 Å². The van der Waals surface area contributed by atoms with Crippen molar-refractivity contribution in [3.05, 3.63) is 33.9 Å². The van der Waals surface area contributed by atoms with Gasteiger partial charge < -0.3 is 20.3 Å². The molecular weight excluding hydrogens is 402 g/mol. The van der Waals surface area contributed by atoms with Gasteiger partial charge in [0.1, 0.15) is 5.82 Å². The molecular formula is C21H27N5O3S.